The normalized spacial score (nSPS) is 17.6. The molecule has 2 heterocycles. The van der Waals surface area contributed by atoms with E-state index >= 15 is 0 Å². The Morgan fingerprint density at radius 1 is 0.950 bits per heavy atom. The third kappa shape index (κ3) is 1.63. The van der Waals surface area contributed by atoms with E-state index in [0.717, 1.165) is 35.6 Å². The number of benzene rings is 2. The van der Waals surface area contributed by atoms with Crippen LogP contribution in [0, 0.1) is 0 Å². The molecular formula is C17H15NO2. The molecule has 2 aliphatic heterocycles. The van der Waals surface area contributed by atoms with Crippen LogP contribution in [-0.2, 0) is 4.79 Å². The Morgan fingerprint density at radius 2 is 1.55 bits per heavy atom. The lowest BCUT2D eigenvalue weighted by Crippen LogP contribution is -2.32. The van der Waals surface area contributed by atoms with Gasteiger partial charge in [-0.1, -0.05) is 36.4 Å². The predicted octanol–water partition coefficient (Wildman–Crippen LogP) is 3.50. The van der Waals surface area contributed by atoms with Crippen LogP contribution >= 0.6 is 0 Å². The summed E-state index contributed by atoms with van der Waals surface area (Å²) in [5, 5.41) is 0. The topological polar surface area (TPSA) is 29.5 Å². The van der Waals surface area contributed by atoms with Crippen LogP contribution < -0.4 is 4.74 Å². The number of likely N-dealkylation sites (tertiary alicyclic amines) is 1. The highest BCUT2D eigenvalue weighted by molar-refractivity contribution is 5.79. The average molecular weight is 265 g/mol. The lowest BCUT2D eigenvalue weighted by Gasteiger charge is -2.34. The molecular weight excluding hydrogens is 250 g/mol. The molecule has 0 atom stereocenters. The molecule has 4 rings (SSSR count). The van der Waals surface area contributed by atoms with E-state index in [1.165, 1.54) is 0 Å². The SMILES string of the molecule is O=C1CCCN1C1c2ccccc2Oc2ccccc21. The number of carbonyl (C=O) groups excluding carboxylic acids is 1. The number of fused-ring (bicyclic) bond motifs is 2. The standard InChI is InChI=1S/C17H15NO2/c19-16-10-5-11-18(16)17-12-6-1-3-8-14(12)20-15-9-4-2-7-13(15)17/h1-4,6-9,17H,5,10-11H2. The van der Waals surface area contributed by atoms with Crippen LogP contribution in [0.15, 0.2) is 48.5 Å². The Hall–Kier alpha value is -2.29. The van der Waals surface area contributed by atoms with Crippen molar-refractivity contribution >= 4 is 5.91 Å². The molecule has 2 aromatic rings. The van der Waals surface area contributed by atoms with Crippen LogP contribution in [0.5, 0.6) is 11.5 Å². The first kappa shape index (κ1) is 11.5. The zero-order valence-corrected chi connectivity index (χ0v) is 11.1. The largest absolute Gasteiger partial charge is 0.457 e. The van der Waals surface area contributed by atoms with E-state index in [-0.39, 0.29) is 11.9 Å². The van der Waals surface area contributed by atoms with Crippen molar-refractivity contribution in [2.45, 2.75) is 18.9 Å². The van der Waals surface area contributed by atoms with Crippen molar-refractivity contribution in [1.82, 2.24) is 4.90 Å². The van der Waals surface area contributed by atoms with Crippen LogP contribution in [0.4, 0.5) is 0 Å². The molecule has 3 nitrogen and oxygen atoms in total. The highest BCUT2D eigenvalue weighted by Gasteiger charge is 2.35. The summed E-state index contributed by atoms with van der Waals surface area (Å²) in [5.41, 5.74) is 2.17. The van der Waals surface area contributed by atoms with Gasteiger partial charge in [0.05, 0.1) is 6.04 Å². The van der Waals surface area contributed by atoms with E-state index in [4.69, 9.17) is 4.74 Å². The summed E-state index contributed by atoms with van der Waals surface area (Å²) in [6.07, 6.45) is 1.60. The molecule has 0 N–H and O–H groups in total. The van der Waals surface area contributed by atoms with Gasteiger partial charge in [0.2, 0.25) is 5.91 Å². The molecule has 0 radical (unpaired) electrons. The van der Waals surface area contributed by atoms with Gasteiger partial charge in [-0.05, 0) is 18.6 Å². The predicted molar refractivity (Wildman–Crippen MR) is 75.7 cm³/mol. The molecule has 100 valence electrons. The Bertz CT molecular complexity index is 635. The molecule has 2 aromatic carbocycles. The van der Waals surface area contributed by atoms with Crippen molar-refractivity contribution in [2.24, 2.45) is 0 Å². The molecule has 0 unspecified atom stereocenters. The van der Waals surface area contributed by atoms with Crippen LogP contribution in [0.3, 0.4) is 0 Å². The zero-order chi connectivity index (χ0) is 13.5. The van der Waals surface area contributed by atoms with E-state index in [9.17, 15) is 4.79 Å². The Kier molecular flexibility index (Phi) is 2.52. The minimum atomic E-state index is -0.00819. The molecule has 0 spiro atoms. The van der Waals surface area contributed by atoms with E-state index in [2.05, 4.69) is 12.1 Å². The van der Waals surface area contributed by atoms with Crippen molar-refractivity contribution in [3.63, 3.8) is 0 Å². The molecule has 1 amide bonds. The van der Waals surface area contributed by atoms with Gasteiger partial charge in [-0.25, -0.2) is 0 Å². The molecule has 0 saturated carbocycles. The summed E-state index contributed by atoms with van der Waals surface area (Å²) in [7, 11) is 0. The summed E-state index contributed by atoms with van der Waals surface area (Å²) in [5.74, 6) is 1.95. The summed E-state index contributed by atoms with van der Waals surface area (Å²) in [6.45, 7) is 0.826. The molecule has 0 aliphatic carbocycles. The fourth-order valence-corrected chi connectivity index (χ4v) is 3.16. The van der Waals surface area contributed by atoms with Gasteiger partial charge in [-0.15, -0.1) is 0 Å². The van der Waals surface area contributed by atoms with Gasteiger partial charge in [-0.3, -0.25) is 4.79 Å². The van der Waals surface area contributed by atoms with Gasteiger partial charge in [0, 0.05) is 24.1 Å². The van der Waals surface area contributed by atoms with Gasteiger partial charge in [0.25, 0.3) is 0 Å². The number of nitrogens with zero attached hydrogens (tertiary/aromatic N) is 1. The van der Waals surface area contributed by atoms with Gasteiger partial charge in [0.1, 0.15) is 11.5 Å². The highest BCUT2D eigenvalue weighted by Crippen LogP contribution is 2.46. The summed E-state index contributed by atoms with van der Waals surface area (Å²) in [4.78, 5) is 14.2. The van der Waals surface area contributed by atoms with Crippen molar-refractivity contribution in [2.75, 3.05) is 6.54 Å². The van der Waals surface area contributed by atoms with Crippen molar-refractivity contribution in [3.8, 4) is 11.5 Å². The fraction of sp³-hybridized carbons (Fsp3) is 0.235. The zero-order valence-electron chi connectivity index (χ0n) is 11.1. The third-order valence-electron chi connectivity index (χ3n) is 4.07. The molecule has 20 heavy (non-hydrogen) atoms. The first-order valence-electron chi connectivity index (χ1n) is 7.00. The maximum atomic E-state index is 12.2. The van der Waals surface area contributed by atoms with Crippen molar-refractivity contribution in [3.05, 3.63) is 59.7 Å². The molecule has 1 fully saturated rings. The Balaban J connectivity index is 1.90. The minimum absolute atomic E-state index is 0.00819. The number of amides is 1. The van der Waals surface area contributed by atoms with Crippen molar-refractivity contribution in [1.29, 1.82) is 0 Å². The quantitative estimate of drug-likeness (QED) is 0.789. The lowest BCUT2D eigenvalue weighted by molar-refractivity contribution is -0.129. The van der Waals surface area contributed by atoms with Gasteiger partial charge >= 0.3 is 0 Å². The first-order valence-corrected chi connectivity index (χ1v) is 7.00. The van der Waals surface area contributed by atoms with E-state index < -0.39 is 0 Å². The molecule has 0 aromatic heterocycles. The summed E-state index contributed by atoms with van der Waals surface area (Å²) in [6, 6.07) is 16.0. The second kappa shape index (κ2) is 4.37. The average Bonchev–Trinajstić information content (AvgIpc) is 2.90. The van der Waals surface area contributed by atoms with Gasteiger partial charge in [-0.2, -0.15) is 0 Å². The third-order valence-corrected chi connectivity index (χ3v) is 4.07. The van der Waals surface area contributed by atoms with Crippen LogP contribution in [0.25, 0.3) is 0 Å². The monoisotopic (exact) mass is 265 g/mol. The van der Waals surface area contributed by atoms with Gasteiger partial charge in [0.15, 0.2) is 0 Å². The van der Waals surface area contributed by atoms with E-state index in [0.29, 0.717) is 6.42 Å². The van der Waals surface area contributed by atoms with Crippen LogP contribution in [-0.4, -0.2) is 17.4 Å². The summed E-state index contributed by atoms with van der Waals surface area (Å²) < 4.78 is 5.96. The summed E-state index contributed by atoms with van der Waals surface area (Å²) >= 11 is 0. The Morgan fingerprint density at radius 3 is 2.10 bits per heavy atom. The van der Waals surface area contributed by atoms with Crippen LogP contribution in [0.2, 0.25) is 0 Å². The maximum absolute atomic E-state index is 12.2. The Labute approximate surface area is 117 Å². The molecule has 3 heteroatoms. The highest BCUT2D eigenvalue weighted by atomic mass is 16.5. The number of para-hydroxylation sites is 2. The molecule has 2 aliphatic rings. The van der Waals surface area contributed by atoms with Gasteiger partial charge < -0.3 is 9.64 Å². The number of hydrogen-bond donors (Lipinski definition) is 0. The first-order chi connectivity index (χ1) is 9.84. The fourth-order valence-electron chi connectivity index (χ4n) is 3.16. The lowest BCUT2D eigenvalue weighted by atomic mass is 9.93. The number of ether oxygens (including phenoxy) is 1. The molecule has 0 bridgehead atoms. The number of hydrogen-bond acceptors (Lipinski definition) is 2. The number of rotatable bonds is 1. The number of carbonyl (C=O) groups is 1. The molecule has 1 saturated heterocycles. The van der Waals surface area contributed by atoms with Crippen molar-refractivity contribution < 1.29 is 9.53 Å². The van der Waals surface area contributed by atoms with Crippen LogP contribution in [0.1, 0.15) is 30.0 Å². The maximum Gasteiger partial charge on any atom is 0.223 e. The second-order valence-corrected chi connectivity index (χ2v) is 5.27. The van der Waals surface area contributed by atoms with E-state index in [1.54, 1.807) is 0 Å². The minimum Gasteiger partial charge on any atom is -0.457 e. The smallest absolute Gasteiger partial charge is 0.223 e. The van der Waals surface area contributed by atoms with E-state index in [1.807, 2.05) is 41.3 Å². The second-order valence-electron chi connectivity index (χ2n) is 5.27.